The van der Waals surface area contributed by atoms with E-state index >= 15 is 0 Å². The van der Waals surface area contributed by atoms with Crippen LogP contribution < -0.4 is 5.32 Å². The topological polar surface area (TPSA) is 66.4 Å². The molecule has 0 spiro atoms. The fourth-order valence-electron chi connectivity index (χ4n) is 1.97. The first kappa shape index (κ1) is 12.8. The molecular formula is C15H13NO3. The molecule has 2 N–H and O–H groups in total. The van der Waals surface area contributed by atoms with Crippen molar-refractivity contribution in [3.05, 3.63) is 65.2 Å². The predicted octanol–water partition coefficient (Wildman–Crippen LogP) is 2.54. The first-order valence-electron chi connectivity index (χ1n) is 5.81. The van der Waals surface area contributed by atoms with Crippen molar-refractivity contribution in [3.8, 4) is 0 Å². The number of aromatic carboxylic acids is 1. The molecule has 0 saturated carbocycles. The van der Waals surface area contributed by atoms with E-state index in [1.807, 2.05) is 18.2 Å². The highest BCUT2D eigenvalue weighted by Crippen LogP contribution is 2.20. The Hall–Kier alpha value is -2.62. The van der Waals surface area contributed by atoms with Gasteiger partial charge in [0.15, 0.2) is 0 Å². The molecule has 0 saturated heterocycles. The Morgan fingerprint density at radius 1 is 1.05 bits per heavy atom. The second-order valence-electron chi connectivity index (χ2n) is 4.06. The van der Waals surface area contributed by atoms with Gasteiger partial charge in [0.1, 0.15) is 0 Å². The van der Waals surface area contributed by atoms with Crippen molar-refractivity contribution < 1.29 is 14.7 Å². The van der Waals surface area contributed by atoms with E-state index in [1.165, 1.54) is 0 Å². The highest BCUT2D eigenvalue weighted by atomic mass is 16.4. The highest BCUT2D eigenvalue weighted by Gasteiger charge is 2.10. The van der Waals surface area contributed by atoms with Gasteiger partial charge < -0.3 is 10.4 Å². The lowest BCUT2D eigenvalue weighted by molar-refractivity contribution is -0.105. The van der Waals surface area contributed by atoms with E-state index < -0.39 is 5.97 Å². The van der Waals surface area contributed by atoms with E-state index in [9.17, 15) is 9.59 Å². The summed E-state index contributed by atoms with van der Waals surface area (Å²) in [5, 5.41) is 11.8. The third-order valence-electron chi connectivity index (χ3n) is 2.86. The molecule has 2 aromatic carbocycles. The van der Waals surface area contributed by atoms with Crippen LogP contribution in [0.5, 0.6) is 0 Å². The van der Waals surface area contributed by atoms with Crippen LogP contribution in [0.25, 0.3) is 0 Å². The molecule has 4 nitrogen and oxygen atoms in total. The normalized spacial score (nSPS) is 9.89. The van der Waals surface area contributed by atoms with E-state index in [0.717, 1.165) is 11.1 Å². The summed E-state index contributed by atoms with van der Waals surface area (Å²) in [5.41, 5.74) is 2.57. The Balaban J connectivity index is 2.36. The van der Waals surface area contributed by atoms with E-state index in [2.05, 4.69) is 5.32 Å². The van der Waals surface area contributed by atoms with Gasteiger partial charge in [0.05, 0.1) is 5.56 Å². The monoisotopic (exact) mass is 255 g/mol. The molecule has 0 unspecified atom stereocenters. The molecule has 4 heteroatoms. The number of anilines is 1. The molecule has 0 aliphatic carbocycles. The minimum absolute atomic E-state index is 0.281. The zero-order valence-electron chi connectivity index (χ0n) is 10.2. The van der Waals surface area contributed by atoms with Gasteiger partial charge in [-0.3, -0.25) is 4.79 Å². The van der Waals surface area contributed by atoms with Gasteiger partial charge in [0.2, 0.25) is 6.41 Å². The lowest BCUT2D eigenvalue weighted by Gasteiger charge is -2.10. The summed E-state index contributed by atoms with van der Waals surface area (Å²) in [6, 6.07) is 14.2. The number of nitrogens with one attached hydrogen (secondary N) is 1. The third-order valence-corrected chi connectivity index (χ3v) is 2.86. The Bertz CT molecular complexity index is 608. The van der Waals surface area contributed by atoms with Crippen molar-refractivity contribution >= 4 is 18.1 Å². The summed E-state index contributed by atoms with van der Waals surface area (Å²) in [5.74, 6) is -0.948. The summed E-state index contributed by atoms with van der Waals surface area (Å²) in [7, 11) is 0. The van der Waals surface area contributed by atoms with Gasteiger partial charge in [-0.05, 0) is 23.3 Å². The fraction of sp³-hybridized carbons (Fsp3) is 0.0667. The maximum Gasteiger partial charge on any atom is 0.335 e. The van der Waals surface area contributed by atoms with E-state index in [-0.39, 0.29) is 5.56 Å². The van der Waals surface area contributed by atoms with Crippen LogP contribution in [0.3, 0.4) is 0 Å². The van der Waals surface area contributed by atoms with Crippen LogP contribution in [0.2, 0.25) is 0 Å². The molecular weight excluding hydrogens is 242 g/mol. The Labute approximate surface area is 110 Å². The predicted molar refractivity (Wildman–Crippen MR) is 72.3 cm³/mol. The number of hydrogen-bond acceptors (Lipinski definition) is 2. The maximum atomic E-state index is 11.2. The second kappa shape index (κ2) is 5.82. The summed E-state index contributed by atoms with van der Waals surface area (Å²) in [4.78, 5) is 21.7. The van der Waals surface area contributed by atoms with Gasteiger partial charge >= 0.3 is 5.97 Å². The average molecular weight is 255 g/mol. The standard InChI is InChI=1S/C15H13NO3/c17-10-16-14-8-4-2-6-12(14)9-11-5-1-3-7-13(11)15(18)19/h1-8,10H,9H2,(H,16,17)(H,18,19). The number of amides is 1. The van der Waals surface area contributed by atoms with Gasteiger partial charge in [-0.2, -0.15) is 0 Å². The summed E-state index contributed by atoms with van der Waals surface area (Å²) in [6.45, 7) is 0. The van der Waals surface area contributed by atoms with E-state index in [0.29, 0.717) is 18.5 Å². The minimum atomic E-state index is -0.948. The molecule has 0 aromatic heterocycles. The molecule has 0 atom stereocenters. The molecule has 0 aliphatic rings. The number of carboxylic acids is 1. The molecule has 2 aromatic rings. The molecule has 19 heavy (non-hydrogen) atoms. The van der Waals surface area contributed by atoms with E-state index in [1.54, 1.807) is 30.3 Å². The van der Waals surface area contributed by atoms with Gasteiger partial charge in [0, 0.05) is 12.1 Å². The van der Waals surface area contributed by atoms with E-state index in [4.69, 9.17) is 5.11 Å². The summed E-state index contributed by atoms with van der Waals surface area (Å²) >= 11 is 0. The van der Waals surface area contributed by atoms with Gasteiger partial charge in [-0.1, -0.05) is 36.4 Å². The van der Waals surface area contributed by atoms with Crippen molar-refractivity contribution in [1.82, 2.24) is 0 Å². The average Bonchev–Trinajstić information content (AvgIpc) is 2.42. The van der Waals surface area contributed by atoms with Crippen LogP contribution in [0.15, 0.2) is 48.5 Å². The lowest BCUT2D eigenvalue weighted by Crippen LogP contribution is -2.04. The third kappa shape index (κ3) is 2.98. The van der Waals surface area contributed by atoms with Gasteiger partial charge in [-0.25, -0.2) is 4.79 Å². The van der Waals surface area contributed by atoms with Crippen molar-refractivity contribution in [1.29, 1.82) is 0 Å². The first-order chi connectivity index (χ1) is 9.22. The van der Waals surface area contributed by atoms with Gasteiger partial charge in [-0.15, -0.1) is 0 Å². The Kier molecular flexibility index (Phi) is 3.93. The number of carboxylic acid groups (broad SMARTS) is 1. The van der Waals surface area contributed by atoms with Crippen molar-refractivity contribution in [2.75, 3.05) is 5.32 Å². The largest absolute Gasteiger partial charge is 0.478 e. The minimum Gasteiger partial charge on any atom is -0.478 e. The molecule has 1 amide bonds. The van der Waals surface area contributed by atoms with Crippen LogP contribution in [-0.2, 0) is 11.2 Å². The highest BCUT2D eigenvalue weighted by molar-refractivity contribution is 5.89. The number of hydrogen-bond donors (Lipinski definition) is 2. The first-order valence-corrected chi connectivity index (χ1v) is 5.81. The second-order valence-corrected chi connectivity index (χ2v) is 4.06. The number of carbonyl (C=O) groups is 2. The smallest absolute Gasteiger partial charge is 0.335 e. The van der Waals surface area contributed by atoms with Crippen molar-refractivity contribution in [3.63, 3.8) is 0 Å². The number of benzene rings is 2. The van der Waals surface area contributed by atoms with Gasteiger partial charge in [0.25, 0.3) is 0 Å². The van der Waals surface area contributed by atoms with Crippen LogP contribution in [0, 0.1) is 0 Å². The zero-order valence-corrected chi connectivity index (χ0v) is 10.2. The number of para-hydroxylation sites is 1. The van der Waals surface area contributed by atoms with Crippen molar-refractivity contribution in [2.24, 2.45) is 0 Å². The molecule has 0 fully saturated rings. The maximum absolute atomic E-state index is 11.2. The van der Waals surface area contributed by atoms with Crippen molar-refractivity contribution in [2.45, 2.75) is 6.42 Å². The lowest BCUT2D eigenvalue weighted by atomic mass is 9.99. The van der Waals surface area contributed by atoms with Crippen LogP contribution in [0.1, 0.15) is 21.5 Å². The number of rotatable bonds is 5. The van der Waals surface area contributed by atoms with Crippen LogP contribution in [0.4, 0.5) is 5.69 Å². The Morgan fingerprint density at radius 3 is 2.37 bits per heavy atom. The molecule has 2 rings (SSSR count). The zero-order chi connectivity index (χ0) is 13.7. The molecule has 0 bridgehead atoms. The molecule has 96 valence electrons. The Morgan fingerprint density at radius 2 is 1.68 bits per heavy atom. The van der Waals surface area contributed by atoms with Crippen LogP contribution in [-0.4, -0.2) is 17.5 Å². The quantitative estimate of drug-likeness (QED) is 0.807. The summed E-state index contributed by atoms with van der Waals surface area (Å²) < 4.78 is 0. The fourth-order valence-corrected chi connectivity index (χ4v) is 1.97. The molecule has 0 aliphatic heterocycles. The SMILES string of the molecule is O=CNc1ccccc1Cc1ccccc1C(=O)O. The summed E-state index contributed by atoms with van der Waals surface area (Å²) in [6.07, 6.45) is 1.07. The van der Waals surface area contributed by atoms with Crippen LogP contribution >= 0.6 is 0 Å². The number of carbonyl (C=O) groups excluding carboxylic acids is 1. The molecule has 0 heterocycles. The molecule has 0 radical (unpaired) electrons.